The smallest absolute Gasteiger partial charge is 0.362 e. The number of alkyl halides is 3. The molecule has 6 nitrogen and oxygen atoms in total. The fourth-order valence-corrected chi connectivity index (χ4v) is 2.42. The van der Waals surface area contributed by atoms with E-state index in [1.165, 1.54) is 0 Å². The molecule has 1 aromatic rings. The van der Waals surface area contributed by atoms with Crippen LogP contribution in [-0.4, -0.2) is 46.1 Å². The normalized spacial score (nSPS) is 18.4. The molecule has 0 spiro atoms. The van der Waals surface area contributed by atoms with Crippen LogP contribution in [0.2, 0.25) is 0 Å². The predicted molar refractivity (Wildman–Crippen MR) is 71.2 cm³/mol. The zero-order valence-corrected chi connectivity index (χ0v) is 12.5. The van der Waals surface area contributed by atoms with E-state index in [9.17, 15) is 18.0 Å². The van der Waals surface area contributed by atoms with Crippen molar-refractivity contribution >= 4 is 5.91 Å². The van der Waals surface area contributed by atoms with Crippen LogP contribution in [-0.2, 0) is 22.5 Å². The Morgan fingerprint density at radius 3 is 2.82 bits per heavy atom. The first-order valence-corrected chi connectivity index (χ1v) is 7.12. The first-order chi connectivity index (χ1) is 10.3. The van der Waals surface area contributed by atoms with E-state index >= 15 is 0 Å². The molecule has 1 atom stereocenters. The van der Waals surface area contributed by atoms with Crippen LogP contribution >= 0.6 is 0 Å². The van der Waals surface area contributed by atoms with E-state index in [1.807, 2.05) is 18.4 Å². The van der Waals surface area contributed by atoms with Gasteiger partial charge in [0.05, 0.1) is 0 Å². The summed E-state index contributed by atoms with van der Waals surface area (Å²) in [6.07, 6.45) is -3.07. The van der Waals surface area contributed by atoms with Gasteiger partial charge in [-0.15, -0.1) is 10.2 Å². The average molecular weight is 320 g/mol. The van der Waals surface area contributed by atoms with E-state index in [2.05, 4.69) is 20.3 Å². The van der Waals surface area contributed by atoms with Crippen molar-refractivity contribution in [2.45, 2.75) is 51.4 Å². The van der Waals surface area contributed by atoms with Crippen LogP contribution in [0.5, 0.6) is 0 Å². The molecule has 22 heavy (non-hydrogen) atoms. The Kier molecular flexibility index (Phi) is 5.05. The summed E-state index contributed by atoms with van der Waals surface area (Å²) < 4.78 is 42.1. The van der Waals surface area contributed by atoms with Gasteiger partial charge in [-0.3, -0.25) is 4.79 Å². The minimum atomic E-state index is -4.42. The van der Waals surface area contributed by atoms with E-state index in [0.717, 1.165) is 11.6 Å². The third-order valence-corrected chi connectivity index (χ3v) is 3.36. The van der Waals surface area contributed by atoms with E-state index in [4.69, 9.17) is 0 Å². The summed E-state index contributed by atoms with van der Waals surface area (Å²) in [6, 6.07) is -0.150. The minimum absolute atomic E-state index is 0.150. The van der Waals surface area contributed by atoms with Gasteiger partial charge in [0.1, 0.15) is 24.9 Å². The number of hydrogen-bond acceptors (Lipinski definition) is 4. The summed E-state index contributed by atoms with van der Waals surface area (Å²) >= 11 is 0. The van der Waals surface area contributed by atoms with Crippen LogP contribution in [0.15, 0.2) is 0 Å². The van der Waals surface area contributed by atoms with Gasteiger partial charge in [-0.25, -0.2) is 0 Å². The van der Waals surface area contributed by atoms with E-state index < -0.39 is 25.3 Å². The average Bonchev–Trinajstić information content (AvgIpc) is 2.80. The van der Waals surface area contributed by atoms with E-state index in [0.29, 0.717) is 19.4 Å². The second-order valence-corrected chi connectivity index (χ2v) is 5.65. The summed E-state index contributed by atoms with van der Waals surface area (Å²) in [5, 5.41) is 11.0. The maximum atomic E-state index is 11.9. The van der Waals surface area contributed by atoms with Gasteiger partial charge in [-0.1, -0.05) is 13.8 Å². The molecule has 1 amide bonds. The Balaban J connectivity index is 1.85. The summed E-state index contributed by atoms with van der Waals surface area (Å²) in [4.78, 5) is 11.6. The highest BCUT2D eigenvalue weighted by Gasteiger charge is 2.28. The highest BCUT2D eigenvalue weighted by molar-refractivity contribution is 5.77. The minimum Gasteiger partial charge on any atom is -0.362 e. The molecule has 0 saturated heterocycles. The number of ether oxygens (including phenoxy) is 1. The number of nitrogens with one attached hydrogen (secondary N) is 1. The number of rotatable bonds is 5. The van der Waals surface area contributed by atoms with Crippen LogP contribution in [0.1, 0.15) is 37.8 Å². The van der Waals surface area contributed by atoms with E-state index in [1.54, 1.807) is 0 Å². The molecule has 1 aromatic heterocycles. The number of carbonyl (C=O) groups excluding carboxylic acids is 1. The maximum absolute atomic E-state index is 11.9. The molecule has 0 bridgehead atoms. The molecule has 0 aliphatic carbocycles. The Morgan fingerprint density at radius 1 is 1.45 bits per heavy atom. The lowest BCUT2D eigenvalue weighted by atomic mass is 10.1. The molecular formula is C13H19F3N4O2. The quantitative estimate of drug-likeness (QED) is 0.891. The maximum Gasteiger partial charge on any atom is 0.411 e. The van der Waals surface area contributed by atoms with Gasteiger partial charge in [0.2, 0.25) is 5.91 Å². The Hall–Kier alpha value is -1.64. The lowest BCUT2D eigenvalue weighted by molar-refractivity contribution is -0.175. The SMILES string of the molecule is CC(C)c1nnc2n1CC(NC(=O)COCC(F)(F)F)CC2. The van der Waals surface area contributed by atoms with Crippen molar-refractivity contribution < 1.29 is 22.7 Å². The standard InChI is InChI=1S/C13H19F3N4O2/c1-8(2)12-19-18-10-4-3-9(5-20(10)12)17-11(21)6-22-7-13(14,15)16/h8-9H,3-7H2,1-2H3,(H,17,21). The molecular weight excluding hydrogens is 301 g/mol. The lowest BCUT2D eigenvalue weighted by Gasteiger charge is -2.26. The third kappa shape index (κ3) is 4.43. The molecule has 0 aromatic carbocycles. The molecule has 2 heterocycles. The zero-order chi connectivity index (χ0) is 16.3. The summed E-state index contributed by atoms with van der Waals surface area (Å²) in [7, 11) is 0. The number of fused-ring (bicyclic) bond motifs is 1. The third-order valence-electron chi connectivity index (χ3n) is 3.36. The van der Waals surface area contributed by atoms with Crippen LogP contribution < -0.4 is 5.32 Å². The van der Waals surface area contributed by atoms with Gasteiger partial charge < -0.3 is 14.6 Å². The first-order valence-electron chi connectivity index (χ1n) is 7.12. The predicted octanol–water partition coefficient (Wildman–Crippen LogP) is 1.41. The van der Waals surface area contributed by atoms with Gasteiger partial charge in [0, 0.05) is 24.9 Å². The van der Waals surface area contributed by atoms with Crippen LogP contribution in [0.4, 0.5) is 13.2 Å². The number of aromatic nitrogens is 3. The summed E-state index contributed by atoms with van der Waals surface area (Å²) in [6.45, 7) is 2.52. The zero-order valence-electron chi connectivity index (χ0n) is 12.5. The fourth-order valence-electron chi connectivity index (χ4n) is 2.42. The molecule has 1 N–H and O–H groups in total. The van der Waals surface area contributed by atoms with Crippen molar-refractivity contribution in [2.75, 3.05) is 13.2 Å². The van der Waals surface area contributed by atoms with E-state index in [-0.39, 0.29) is 12.0 Å². The largest absolute Gasteiger partial charge is 0.411 e. The van der Waals surface area contributed by atoms with Crippen molar-refractivity contribution in [3.63, 3.8) is 0 Å². The number of hydrogen-bond donors (Lipinski definition) is 1. The second-order valence-electron chi connectivity index (χ2n) is 5.65. The van der Waals surface area contributed by atoms with Crippen molar-refractivity contribution in [3.8, 4) is 0 Å². The molecule has 0 saturated carbocycles. The highest BCUT2D eigenvalue weighted by atomic mass is 19.4. The van der Waals surface area contributed by atoms with Gasteiger partial charge >= 0.3 is 6.18 Å². The Morgan fingerprint density at radius 2 is 2.18 bits per heavy atom. The molecule has 1 aliphatic heterocycles. The second kappa shape index (κ2) is 6.64. The summed E-state index contributed by atoms with van der Waals surface area (Å²) in [5.74, 6) is 1.40. The summed E-state index contributed by atoms with van der Waals surface area (Å²) in [5.41, 5.74) is 0. The molecule has 1 unspecified atom stereocenters. The van der Waals surface area contributed by atoms with Gasteiger partial charge in [0.25, 0.3) is 0 Å². The van der Waals surface area contributed by atoms with Crippen molar-refractivity contribution in [1.29, 1.82) is 0 Å². The fraction of sp³-hybridized carbons (Fsp3) is 0.769. The van der Waals surface area contributed by atoms with Gasteiger partial charge in [-0.2, -0.15) is 13.2 Å². The number of amides is 1. The molecule has 124 valence electrons. The van der Waals surface area contributed by atoms with Crippen LogP contribution in [0.3, 0.4) is 0 Å². The number of nitrogens with zero attached hydrogens (tertiary/aromatic N) is 3. The number of aryl methyl sites for hydroxylation is 1. The first kappa shape index (κ1) is 16.7. The van der Waals surface area contributed by atoms with Crippen molar-refractivity contribution in [1.82, 2.24) is 20.1 Å². The molecule has 9 heteroatoms. The highest BCUT2D eigenvalue weighted by Crippen LogP contribution is 2.20. The molecule has 0 fully saturated rings. The van der Waals surface area contributed by atoms with Crippen molar-refractivity contribution in [3.05, 3.63) is 11.6 Å². The van der Waals surface area contributed by atoms with Crippen LogP contribution in [0, 0.1) is 0 Å². The van der Waals surface area contributed by atoms with Crippen molar-refractivity contribution in [2.24, 2.45) is 0 Å². The Labute approximate surface area is 126 Å². The number of carbonyl (C=O) groups is 1. The molecule has 2 rings (SSSR count). The topological polar surface area (TPSA) is 69.0 Å². The van der Waals surface area contributed by atoms with Gasteiger partial charge in [0.15, 0.2) is 0 Å². The van der Waals surface area contributed by atoms with Gasteiger partial charge in [-0.05, 0) is 6.42 Å². The monoisotopic (exact) mass is 320 g/mol. The lowest BCUT2D eigenvalue weighted by Crippen LogP contribution is -2.43. The Bertz CT molecular complexity index is 528. The van der Waals surface area contributed by atoms with Crippen LogP contribution in [0.25, 0.3) is 0 Å². The number of halogens is 3. The molecule has 0 radical (unpaired) electrons. The molecule has 1 aliphatic rings.